The number of Topliss-reactive ketones (excluding diaryl/α,β-unsaturated/α-hetero) is 1. The van der Waals surface area contributed by atoms with E-state index < -0.39 is 0 Å². The standard InChI is InChI=1S/C23H22N2O3/c1-18(26)20-11-8-14-22(15-20)28-17-23(27)24-25(21-12-6-3-7-13-21)16-19-9-4-2-5-10-19/h2-15H,16-17H2,1H3,(H,24,27). The molecule has 0 saturated carbocycles. The van der Waals surface area contributed by atoms with E-state index in [0.29, 0.717) is 17.9 Å². The molecular formula is C23H22N2O3. The molecule has 142 valence electrons. The van der Waals surface area contributed by atoms with Gasteiger partial charge in [0.15, 0.2) is 12.4 Å². The number of benzene rings is 3. The third-order valence-corrected chi connectivity index (χ3v) is 4.12. The Balaban J connectivity index is 1.65. The summed E-state index contributed by atoms with van der Waals surface area (Å²) in [6.45, 7) is 1.86. The number of amides is 1. The minimum Gasteiger partial charge on any atom is -0.484 e. The van der Waals surface area contributed by atoms with E-state index in [9.17, 15) is 9.59 Å². The zero-order valence-corrected chi connectivity index (χ0v) is 15.7. The topological polar surface area (TPSA) is 58.6 Å². The maximum absolute atomic E-state index is 12.5. The van der Waals surface area contributed by atoms with Crippen molar-refractivity contribution in [3.63, 3.8) is 0 Å². The highest BCUT2D eigenvalue weighted by Crippen LogP contribution is 2.16. The number of hydrazine groups is 1. The normalized spacial score (nSPS) is 10.2. The lowest BCUT2D eigenvalue weighted by molar-refractivity contribution is -0.123. The van der Waals surface area contributed by atoms with E-state index in [4.69, 9.17) is 4.74 Å². The molecule has 0 spiro atoms. The number of ether oxygens (including phenoxy) is 1. The second-order valence-electron chi connectivity index (χ2n) is 6.31. The molecule has 0 radical (unpaired) electrons. The summed E-state index contributed by atoms with van der Waals surface area (Å²) in [5, 5.41) is 1.78. The van der Waals surface area contributed by atoms with Gasteiger partial charge in [-0.15, -0.1) is 0 Å². The largest absolute Gasteiger partial charge is 0.484 e. The number of hydrogen-bond donors (Lipinski definition) is 1. The molecule has 0 aliphatic carbocycles. The second-order valence-corrected chi connectivity index (χ2v) is 6.31. The Hall–Kier alpha value is -3.60. The summed E-state index contributed by atoms with van der Waals surface area (Å²) in [5.74, 6) is 0.151. The first kappa shape index (κ1) is 19.2. The molecule has 0 aromatic heterocycles. The lowest BCUT2D eigenvalue weighted by Crippen LogP contribution is -2.44. The van der Waals surface area contributed by atoms with Gasteiger partial charge >= 0.3 is 0 Å². The first-order valence-electron chi connectivity index (χ1n) is 9.01. The van der Waals surface area contributed by atoms with E-state index in [0.717, 1.165) is 11.3 Å². The molecule has 1 N–H and O–H groups in total. The Morgan fingerprint density at radius 1 is 0.893 bits per heavy atom. The zero-order valence-electron chi connectivity index (χ0n) is 15.7. The first-order valence-corrected chi connectivity index (χ1v) is 9.01. The molecule has 3 aromatic rings. The molecule has 0 heterocycles. The third kappa shape index (κ3) is 5.45. The zero-order chi connectivity index (χ0) is 19.8. The molecule has 0 unspecified atom stereocenters. The molecule has 0 saturated heterocycles. The molecule has 0 bridgehead atoms. The van der Waals surface area contributed by atoms with Crippen molar-refractivity contribution in [1.29, 1.82) is 0 Å². The van der Waals surface area contributed by atoms with E-state index in [1.54, 1.807) is 29.3 Å². The van der Waals surface area contributed by atoms with Crippen LogP contribution in [-0.2, 0) is 11.3 Å². The number of carbonyl (C=O) groups excluding carboxylic acids is 2. The van der Waals surface area contributed by atoms with Crippen molar-refractivity contribution < 1.29 is 14.3 Å². The summed E-state index contributed by atoms with van der Waals surface area (Å²) in [5.41, 5.74) is 5.39. The number of carbonyl (C=O) groups is 2. The van der Waals surface area contributed by atoms with Crippen molar-refractivity contribution in [3.05, 3.63) is 96.1 Å². The number of nitrogens with one attached hydrogen (secondary N) is 1. The van der Waals surface area contributed by atoms with Crippen molar-refractivity contribution in [3.8, 4) is 5.75 Å². The minimum absolute atomic E-state index is 0.0481. The molecule has 5 heteroatoms. The van der Waals surface area contributed by atoms with Gasteiger partial charge in [0.1, 0.15) is 5.75 Å². The van der Waals surface area contributed by atoms with Crippen molar-refractivity contribution in [2.75, 3.05) is 11.6 Å². The summed E-state index contributed by atoms with van der Waals surface area (Å²) in [6.07, 6.45) is 0. The smallest absolute Gasteiger partial charge is 0.276 e. The van der Waals surface area contributed by atoms with Crippen LogP contribution >= 0.6 is 0 Å². The van der Waals surface area contributed by atoms with Gasteiger partial charge in [-0.3, -0.25) is 20.0 Å². The average Bonchev–Trinajstić information content (AvgIpc) is 2.73. The van der Waals surface area contributed by atoms with Crippen molar-refractivity contribution in [2.45, 2.75) is 13.5 Å². The molecule has 3 aromatic carbocycles. The van der Waals surface area contributed by atoms with Crippen LogP contribution in [0.3, 0.4) is 0 Å². The lowest BCUT2D eigenvalue weighted by atomic mass is 10.1. The second kappa shape index (κ2) is 9.37. The highest BCUT2D eigenvalue weighted by Gasteiger charge is 2.12. The molecule has 5 nitrogen and oxygen atoms in total. The van der Waals surface area contributed by atoms with E-state index in [2.05, 4.69) is 5.43 Å². The highest BCUT2D eigenvalue weighted by molar-refractivity contribution is 5.94. The van der Waals surface area contributed by atoms with E-state index in [1.165, 1.54) is 6.92 Å². The quantitative estimate of drug-likeness (QED) is 0.478. The first-order chi connectivity index (χ1) is 13.6. The minimum atomic E-state index is -0.284. The Bertz CT molecular complexity index is 927. The molecule has 0 atom stereocenters. The molecule has 0 aliphatic rings. The number of nitrogens with zero attached hydrogens (tertiary/aromatic N) is 1. The lowest BCUT2D eigenvalue weighted by Gasteiger charge is -2.25. The summed E-state index contributed by atoms with van der Waals surface area (Å²) in [6, 6.07) is 26.3. The summed E-state index contributed by atoms with van der Waals surface area (Å²) >= 11 is 0. The molecule has 1 amide bonds. The van der Waals surface area contributed by atoms with Crippen LogP contribution in [0.4, 0.5) is 5.69 Å². The van der Waals surface area contributed by atoms with Gasteiger partial charge in [0.25, 0.3) is 5.91 Å². The third-order valence-electron chi connectivity index (χ3n) is 4.12. The van der Waals surface area contributed by atoms with Gasteiger partial charge in [-0.2, -0.15) is 0 Å². The van der Waals surface area contributed by atoms with Crippen LogP contribution in [0.2, 0.25) is 0 Å². The molecular weight excluding hydrogens is 352 g/mol. The Labute approximate surface area is 164 Å². The SMILES string of the molecule is CC(=O)c1cccc(OCC(=O)NN(Cc2ccccc2)c2ccccc2)c1. The van der Waals surface area contributed by atoms with E-state index >= 15 is 0 Å². The van der Waals surface area contributed by atoms with Gasteiger partial charge in [0.05, 0.1) is 12.2 Å². The van der Waals surface area contributed by atoms with Gasteiger partial charge < -0.3 is 4.74 Å². The van der Waals surface area contributed by atoms with Crippen LogP contribution in [0.15, 0.2) is 84.9 Å². The van der Waals surface area contributed by atoms with Crippen LogP contribution < -0.4 is 15.2 Å². The van der Waals surface area contributed by atoms with Crippen molar-refractivity contribution >= 4 is 17.4 Å². The predicted molar refractivity (Wildman–Crippen MR) is 109 cm³/mol. The highest BCUT2D eigenvalue weighted by atomic mass is 16.5. The number of ketones is 1. The van der Waals surface area contributed by atoms with Crippen molar-refractivity contribution in [1.82, 2.24) is 5.43 Å². The average molecular weight is 374 g/mol. The van der Waals surface area contributed by atoms with E-state index in [1.807, 2.05) is 60.7 Å². The van der Waals surface area contributed by atoms with Gasteiger partial charge in [-0.1, -0.05) is 60.7 Å². The Morgan fingerprint density at radius 2 is 1.57 bits per heavy atom. The summed E-state index contributed by atoms with van der Waals surface area (Å²) in [7, 11) is 0. The molecule has 28 heavy (non-hydrogen) atoms. The van der Waals surface area contributed by atoms with Crippen LogP contribution in [0.25, 0.3) is 0 Å². The van der Waals surface area contributed by atoms with Gasteiger partial charge in [-0.25, -0.2) is 0 Å². The van der Waals surface area contributed by atoms with Gasteiger partial charge in [0.2, 0.25) is 0 Å². The number of para-hydroxylation sites is 1. The van der Waals surface area contributed by atoms with Crippen LogP contribution in [0.5, 0.6) is 5.75 Å². The van der Waals surface area contributed by atoms with Crippen LogP contribution in [0.1, 0.15) is 22.8 Å². The fourth-order valence-electron chi connectivity index (χ4n) is 2.71. The van der Waals surface area contributed by atoms with E-state index in [-0.39, 0.29) is 18.3 Å². The molecule has 3 rings (SSSR count). The van der Waals surface area contributed by atoms with Gasteiger partial charge in [0, 0.05) is 5.56 Å². The fraction of sp³-hybridized carbons (Fsp3) is 0.130. The number of anilines is 1. The van der Waals surface area contributed by atoms with Crippen LogP contribution in [-0.4, -0.2) is 18.3 Å². The number of hydrogen-bond acceptors (Lipinski definition) is 4. The molecule has 0 aliphatic heterocycles. The Morgan fingerprint density at radius 3 is 2.25 bits per heavy atom. The molecule has 0 fully saturated rings. The maximum atomic E-state index is 12.5. The predicted octanol–water partition coefficient (Wildman–Crippen LogP) is 4.01. The fourth-order valence-corrected chi connectivity index (χ4v) is 2.71. The summed E-state index contributed by atoms with van der Waals surface area (Å²) < 4.78 is 5.55. The van der Waals surface area contributed by atoms with Gasteiger partial charge in [-0.05, 0) is 36.8 Å². The maximum Gasteiger partial charge on any atom is 0.276 e. The van der Waals surface area contributed by atoms with Crippen LogP contribution in [0, 0.1) is 0 Å². The van der Waals surface area contributed by atoms with Crippen molar-refractivity contribution in [2.24, 2.45) is 0 Å². The summed E-state index contributed by atoms with van der Waals surface area (Å²) in [4.78, 5) is 23.9. The monoisotopic (exact) mass is 374 g/mol. The Kier molecular flexibility index (Phi) is 6.41. The number of rotatable bonds is 8.